The average Bonchev–Trinajstić information content (AvgIpc) is 2.28. The van der Waals surface area contributed by atoms with Crippen LogP contribution in [0, 0.1) is 16.7 Å². The molecule has 1 amide bonds. The molecule has 5 heteroatoms. The van der Waals surface area contributed by atoms with Crippen molar-refractivity contribution >= 4 is 5.91 Å². The summed E-state index contributed by atoms with van der Waals surface area (Å²) in [5, 5.41) is 8.78. The van der Waals surface area contributed by atoms with Crippen LogP contribution in [-0.2, 0) is 9.53 Å². The van der Waals surface area contributed by atoms with Gasteiger partial charge in [-0.05, 0) is 12.8 Å². The standard InChI is InChI=1S/C11H17N3O2/c12-6-9-7-14(4-5-16-9)10(15)11(8-13)2-1-3-11/h9H,1-5,7-8,13H2. The van der Waals surface area contributed by atoms with E-state index in [1.54, 1.807) is 4.90 Å². The molecule has 16 heavy (non-hydrogen) atoms. The third-order valence-corrected chi connectivity index (χ3v) is 3.65. The Hall–Kier alpha value is -1.12. The molecule has 1 aliphatic heterocycles. The van der Waals surface area contributed by atoms with E-state index in [1.807, 2.05) is 6.07 Å². The quantitative estimate of drug-likeness (QED) is 0.707. The van der Waals surface area contributed by atoms with E-state index in [9.17, 15) is 4.79 Å². The minimum atomic E-state index is -0.479. The summed E-state index contributed by atoms with van der Waals surface area (Å²) in [4.78, 5) is 14.0. The van der Waals surface area contributed by atoms with Crippen LogP contribution in [0.3, 0.4) is 0 Å². The number of carbonyl (C=O) groups is 1. The van der Waals surface area contributed by atoms with Crippen molar-refractivity contribution in [3.63, 3.8) is 0 Å². The number of nitrogens with two attached hydrogens (primary N) is 1. The van der Waals surface area contributed by atoms with Crippen molar-refractivity contribution in [1.29, 1.82) is 5.26 Å². The number of amides is 1. The minimum absolute atomic E-state index is 0.116. The van der Waals surface area contributed by atoms with Crippen molar-refractivity contribution in [2.24, 2.45) is 11.1 Å². The van der Waals surface area contributed by atoms with Gasteiger partial charge in [0.25, 0.3) is 0 Å². The van der Waals surface area contributed by atoms with Crippen molar-refractivity contribution in [1.82, 2.24) is 4.90 Å². The molecule has 1 heterocycles. The maximum atomic E-state index is 12.3. The summed E-state index contributed by atoms with van der Waals surface area (Å²) in [6.07, 6.45) is 2.37. The van der Waals surface area contributed by atoms with Gasteiger partial charge in [-0.15, -0.1) is 0 Å². The fourth-order valence-electron chi connectivity index (χ4n) is 2.36. The number of hydrogen-bond acceptors (Lipinski definition) is 4. The fourth-order valence-corrected chi connectivity index (χ4v) is 2.36. The third kappa shape index (κ3) is 1.79. The van der Waals surface area contributed by atoms with E-state index in [0.29, 0.717) is 26.2 Å². The van der Waals surface area contributed by atoms with Crippen molar-refractivity contribution in [3.05, 3.63) is 0 Å². The molecule has 2 rings (SSSR count). The molecule has 0 aromatic rings. The molecule has 1 saturated heterocycles. The predicted molar refractivity (Wildman–Crippen MR) is 57.3 cm³/mol. The Bertz CT molecular complexity index is 314. The second kappa shape index (κ2) is 4.40. The van der Waals surface area contributed by atoms with Crippen molar-refractivity contribution in [2.45, 2.75) is 25.4 Å². The van der Waals surface area contributed by atoms with Crippen LogP contribution in [-0.4, -0.2) is 43.2 Å². The Morgan fingerprint density at radius 2 is 2.38 bits per heavy atom. The summed E-state index contributed by atoms with van der Waals surface area (Å²) in [7, 11) is 0. The molecule has 0 bridgehead atoms. The van der Waals surface area contributed by atoms with Gasteiger partial charge in [-0.25, -0.2) is 0 Å². The smallest absolute Gasteiger partial charge is 0.230 e. The first kappa shape index (κ1) is 11.4. The molecule has 2 aliphatic rings. The molecular weight excluding hydrogens is 206 g/mol. The molecule has 2 fully saturated rings. The van der Waals surface area contributed by atoms with Crippen LogP contribution in [0.5, 0.6) is 0 Å². The van der Waals surface area contributed by atoms with Crippen LogP contribution in [0.25, 0.3) is 0 Å². The van der Waals surface area contributed by atoms with Gasteiger partial charge in [0.1, 0.15) is 0 Å². The number of ether oxygens (including phenoxy) is 1. The van der Waals surface area contributed by atoms with Crippen LogP contribution in [0.4, 0.5) is 0 Å². The highest BCUT2D eigenvalue weighted by Gasteiger charge is 2.45. The molecule has 1 saturated carbocycles. The lowest BCUT2D eigenvalue weighted by molar-refractivity contribution is -0.152. The van der Waals surface area contributed by atoms with E-state index in [-0.39, 0.29) is 11.3 Å². The van der Waals surface area contributed by atoms with Gasteiger partial charge < -0.3 is 15.4 Å². The van der Waals surface area contributed by atoms with Gasteiger partial charge in [-0.1, -0.05) is 6.42 Å². The zero-order chi connectivity index (χ0) is 11.6. The monoisotopic (exact) mass is 223 g/mol. The first-order chi connectivity index (χ1) is 7.72. The molecule has 0 spiro atoms. The number of rotatable bonds is 2. The summed E-state index contributed by atoms with van der Waals surface area (Å²) >= 11 is 0. The fraction of sp³-hybridized carbons (Fsp3) is 0.818. The van der Waals surface area contributed by atoms with Gasteiger partial charge in [-0.3, -0.25) is 4.79 Å². The molecule has 1 aliphatic carbocycles. The molecular formula is C11H17N3O2. The van der Waals surface area contributed by atoms with E-state index >= 15 is 0 Å². The largest absolute Gasteiger partial charge is 0.360 e. The van der Waals surface area contributed by atoms with Gasteiger partial charge >= 0.3 is 0 Å². The topological polar surface area (TPSA) is 79.4 Å². The molecule has 88 valence electrons. The molecule has 0 aromatic heterocycles. The lowest BCUT2D eigenvalue weighted by Gasteiger charge is -2.44. The minimum Gasteiger partial charge on any atom is -0.360 e. The highest BCUT2D eigenvalue weighted by Crippen LogP contribution is 2.41. The van der Waals surface area contributed by atoms with E-state index in [4.69, 9.17) is 15.7 Å². The molecule has 1 unspecified atom stereocenters. The Labute approximate surface area is 95.1 Å². The molecule has 1 atom stereocenters. The van der Waals surface area contributed by atoms with E-state index in [1.165, 1.54) is 0 Å². The van der Waals surface area contributed by atoms with Crippen LogP contribution in [0.15, 0.2) is 0 Å². The van der Waals surface area contributed by atoms with Gasteiger partial charge in [0.2, 0.25) is 5.91 Å². The average molecular weight is 223 g/mol. The zero-order valence-electron chi connectivity index (χ0n) is 9.32. The SMILES string of the molecule is N#CC1CN(C(=O)C2(CN)CCC2)CCO1. The maximum absolute atomic E-state index is 12.3. The van der Waals surface area contributed by atoms with E-state index < -0.39 is 6.10 Å². The second-order valence-electron chi connectivity index (χ2n) is 4.58. The first-order valence-electron chi connectivity index (χ1n) is 5.72. The van der Waals surface area contributed by atoms with Crippen LogP contribution in [0.1, 0.15) is 19.3 Å². The Morgan fingerprint density at radius 3 is 2.88 bits per heavy atom. The van der Waals surface area contributed by atoms with E-state index in [0.717, 1.165) is 19.3 Å². The van der Waals surface area contributed by atoms with Crippen LogP contribution < -0.4 is 5.73 Å². The summed E-state index contributed by atoms with van der Waals surface area (Å²) in [6, 6.07) is 2.05. The third-order valence-electron chi connectivity index (χ3n) is 3.65. The van der Waals surface area contributed by atoms with Gasteiger partial charge in [0.05, 0.1) is 24.6 Å². The highest BCUT2D eigenvalue weighted by atomic mass is 16.5. The van der Waals surface area contributed by atoms with Crippen molar-refractivity contribution in [3.8, 4) is 6.07 Å². The van der Waals surface area contributed by atoms with E-state index in [2.05, 4.69) is 0 Å². The second-order valence-corrected chi connectivity index (χ2v) is 4.58. The lowest BCUT2D eigenvalue weighted by Crippen LogP contribution is -2.56. The number of hydrogen-bond donors (Lipinski definition) is 1. The highest BCUT2D eigenvalue weighted by molar-refractivity contribution is 5.84. The van der Waals surface area contributed by atoms with Crippen LogP contribution >= 0.6 is 0 Å². The Morgan fingerprint density at radius 1 is 1.62 bits per heavy atom. The normalized spacial score (nSPS) is 28.0. The zero-order valence-corrected chi connectivity index (χ0v) is 9.32. The number of nitrogens with zero attached hydrogens (tertiary/aromatic N) is 2. The molecule has 0 aromatic carbocycles. The lowest BCUT2D eigenvalue weighted by atomic mass is 9.67. The molecule has 2 N–H and O–H groups in total. The van der Waals surface area contributed by atoms with Crippen molar-refractivity contribution < 1.29 is 9.53 Å². The van der Waals surface area contributed by atoms with Crippen molar-refractivity contribution in [2.75, 3.05) is 26.2 Å². The Balaban J connectivity index is 2.01. The number of carbonyl (C=O) groups excluding carboxylic acids is 1. The summed E-state index contributed by atoms with van der Waals surface area (Å²) in [5.74, 6) is 0.116. The van der Waals surface area contributed by atoms with Gasteiger partial charge in [-0.2, -0.15) is 5.26 Å². The predicted octanol–water partition coefficient (Wildman–Crippen LogP) is -0.134. The maximum Gasteiger partial charge on any atom is 0.230 e. The number of morpholine rings is 1. The molecule has 5 nitrogen and oxygen atoms in total. The summed E-state index contributed by atoms with van der Waals surface area (Å²) < 4.78 is 5.22. The summed E-state index contributed by atoms with van der Waals surface area (Å²) in [6.45, 7) is 1.83. The first-order valence-corrected chi connectivity index (χ1v) is 5.72. The number of nitriles is 1. The van der Waals surface area contributed by atoms with Crippen LogP contribution in [0.2, 0.25) is 0 Å². The Kier molecular flexibility index (Phi) is 3.13. The van der Waals surface area contributed by atoms with Gasteiger partial charge in [0, 0.05) is 13.1 Å². The summed E-state index contributed by atoms with van der Waals surface area (Å²) in [5.41, 5.74) is 5.36. The molecule has 0 radical (unpaired) electrons. The van der Waals surface area contributed by atoms with Gasteiger partial charge in [0.15, 0.2) is 6.10 Å².